The average Bonchev–Trinajstić information content (AvgIpc) is 3.16. The molecular weight excluding hydrogens is 424 g/mol. The fourth-order valence-electron chi connectivity index (χ4n) is 3.00. The summed E-state index contributed by atoms with van der Waals surface area (Å²) in [6.07, 6.45) is 8.25. The zero-order valence-corrected chi connectivity index (χ0v) is 18.5. The third-order valence-corrected chi connectivity index (χ3v) is 8.36. The first kappa shape index (κ1) is 19.8. The summed E-state index contributed by atoms with van der Waals surface area (Å²) in [4.78, 5) is 4.26. The summed E-state index contributed by atoms with van der Waals surface area (Å²) in [7, 11) is 0. The number of hydrogen-bond donors (Lipinski definition) is 0. The first-order chi connectivity index (χ1) is 12.7. The van der Waals surface area contributed by atoms with Crippen LogP contribution in [0.1, 0.15) is 32.3 Å². The molecule has 0 amide bonds. The molecule has 0 aliphatic carbocycles. The van der Waals surface area contributed by atoms with Gasteiger partial charge in [-0.2, -0.15) is 0 Å². The van der Waals surface area contributed by atoms with Crippen molar-refractivity contribution in [2.75, 3.05) is 11.5 Å². The second-order valence-corrected chi connectivity index (χ2v) is 10.4. The molecule has 138 valence electrons. The number of imidazole rings is 1. The van der Waals surface area contributed by atoms with Crippen LogP contribution in [0.15, 0.2) is 59.6 Å². The molecular formula is C21H25BrN2S2. The van der Waals surface area contributed by atoms with Gasteiger partial charge < -0.3 is 4.57 Å². The first-order valence-corrected chi connectivity index (χ1v) is 11.9. The zero-order chi connectivity index (χ0) is 18.4. The summed E-state index contributed by atoms with van der Waals surface area (Å²) >= 11 is 7.73. The molecule has 3 aromatic rings. The Morgan fingerprint density at radius 2 is 1.69 bits per heavy atom. The van der Waals surface area contributed by atoms with E-state index in [1.54, 1.807) is 0 Å². The van der Waals surface area contributed by atoms with Crippen molar-refractivity contribution in [3.05, 3.63) is 65.2 Å². The van der Waals surface area contributed by atoms with E-state index in [4.69, 9.17) is 0 Å². The van der Waals surface area contributed by atoms with Crippen LogP contribution in [0.5, 0.6) is 0 Å². The van der Waals surface area contributed by atoms with Crippen molar-refractivity contribution >= 4 is 50.2 Å². The maximum Gasteiger partial charge on any atom is 0.104 e. The number of thioether (sulfide) groups is 2. The number of hydrogen-bond acceptors (Lipinski definition) is 3. The van der Waals surface area contributed by atoms with Gasteiger partial charge in [-0.25, -0.2) is 4.98 Å². The highest BCUT2D eigenvalue weighted by Gasteiger charge is 2.33. The van der Waals surface area contributed by atoms with Gasteiger partial charge in [0.15, 0.2) is 0 Å². The van der Waals surface area contributed by atoms with Gasteiger partial charge in [0.1, 0.15) is 4.08 Å². The summed E-state index contributed by atoms with van der Waals surface area (Å²) in [6.45, 7) is 5.46. The Bertz CT molecular complexity index is 825. The standard InChI is InChI=1S/C21H25BrN2S2/c1-3-11-25-21(26-12-4-2,15-24-10-9-23-16-24)19-7-5-18-14-20(22)8-6-17(18)13-19/h5-10,13-14,16H,3-4,11-12,15H2,1-2H3. The number of halogens is 1. The average molecular weight is 449 g/mol. The van der Waals surface area contributed by atoms with Crippen LogP contribution in [0, 0.1) is 0 Å². The van der Waals surface area contributed by atoms with Crippen LogP contribution in [0.2, 0.25) is 0 Å². The lowest BCUT2D eigenvalue weighted by molar-refractivity contribution is 0.648. The minimum absolute atomic E-state index is 0.00792. The normalized spacial score (nSPS) is 12.0. The molecule has 1 aromatic heterocycles. The third-order valence-electron chi connectivity index (χ3n) is 4.27. The quantitative estimate of drug-likeness (QED) is 0.330. The van der Waals surface area contributed by atoms with Crippen LogP contribution in [-0.2, 0) is 10.6 Å². The van der Waals surface area contributed by atoms with Crippen molar-refractivity contribution in [3.63, 3.8) is 0 Å². The molecule has 0 aliphatic heterocycles. The lowest BCUT2D eigenvalue weighted by Gasteiger charge is -2.34. The van der Waals surface area contributed by atoms with Crippen LogP contribution < -0.4 is 0 Å². The summed E-state index contributed by atoms with van der Waals surface area (Å²) in [5.74, 6) is 2.31. The van der Waals surface area contributed by atoms with Gasteiger partial charge in [0, 0.05) is 16.9 Å². The molecule has 1 heterocycles. The van der Waals surface area contributed by atoms with E-state index < -0.39 is 0 Å². The molecule has 0 spiro atoms. The fourth-order valence-corrected chi connectivity index (χ4v) is 6.35. The van der Waals surface area contributed by atoms with Crippen molar-refractivity contribution in [1.82, 2.24) is 9.55 Å². The van der Waals surface area contributed by atoms with E-state index in [-0.39, 0.29) is 4.08 Å². The zero-order valence-electron chi connectivity index (χ0n) is 15.3. The van der Waals surface area contributed by atoms with Gasteiger partial charge in [0.25, 0.3) is 0 Å². The molecule has 0 radical (unpaired) electrons. The molecule has 2 nitrogen and oxygen atoms in total. The minimum atomic E-state index is 0.00792. The summed E-state index contributed by atoms with van der Waals surface area (Å²) < 4.78 is 3.36. The molecule has 0 bridgehead atoms. The second-order valence-electron chi connectivity index (χ2n) is 6.39. The fraction of sp³-hybridized carbons (Fsp3) is 0.381. The Morgan fingerprint density at radius 1 is 1.00 bits per heavy atom. The highest BCUT2D eigenvalue weighted by molar-refractivity contribution is 9.10. The van der Waals surface area contributed by atoms with Crippen molar-refractivity contribution in [2.45, 2.75) is 37.3 Å². The van der Waals surface area contributed by atoms with Crippen molar-refractivity contribution in [2.24, 2.45) is 0 Å². The maximum absolute atomic E-state index is 4.26. The molecule has 2 aromatic carbocycles. The number of fused-ring (bicyclic) bond motifs is 1. The topological polar surface area (TPSA) is 17.8 Å². The molecule has 3 rings (SSSR count). The van der Waals surface area contributed by atoms with Gasteiger partial charge in [-0.05, 0) is 58.9 Å². The number of nitrogens with zero attached hydrogens (tertiary/aromatic N) is 2. The predicted molar refractivity (Wildman–Crippen MR) is 121 cm³/mol. The molecule has 0 unspecified atom stereocenters. The van der Waals surface area contributed by atoms with E-state index in [1.807, 2.05) is 12.5 Å². The van der Waals surface area contributed by atoms with E-state index >= 15 is 0 Å². The van der Waals surface area contributed by atoms with Crippen LogP contribution in [0.4, 0.5) is 0 Å². The second kappa shape index (κ2) is 9.34. The highest BCUT2D eigenvalue weighted by Crippen LogP contribution is 2.49. The summed E-state index contributed by atoms with van der Waals surface area (Å²) in [5, 5.41) is 2.58. The van der Waals surface area contributed by atoms with E-state index in [1.165, 1.54) is 29.2 Å². The van der Waals surface area contributed by atoms with Gasteiger partial charge in [-0.1, -0.05) is 48.0 Å². The molecule has 0 fully saturated rings. The largest absolute Gasteiger partial charge is 0.335 e. The van der Waals surface area contributed by atoms with Gasteiger partial charge in [-0.15, -0.1) is 23.5 Å². The van der Waals surface area contributed by atoms with Crippen molar-refractivity contribution < 1.29 is 0 Å². The van der Waals surface area contributed by atoms with E-state index in [0.717, 1.165) is 22.5 Å². The van der Waals surface area contributed by atoms with Gasteiger partial charge in [-0.3, -0.25) is 0 Å². The Morgan fingerprint density at radius 3 is 2.35 bits per heavy atom. The van der Waals surface area contributed by atoms with Crippen LogP contribution >= 0.6 is 39.5 Å². The maximum atomic E-state index is 4.26. The Hall–Kier alpha value is -0.910. The van der Waals surface area contributed by atoms with Crippen LogP contribution in [0.3, 0.4) is 0 Å². The minimum Gasteiger partial charge on any atom is -0.335 e. The van der Waals surface area contributed by atoms with Crippen LogP contribution in [0.25, 0.3) is 10.8 Å². The van der Waals surface area contributed by atoms with E-state index in [2.05, 4.69) is 105 Å². The first-order valence-electron chi connectivity index (χ1n) is 9.10. The van der Waals surface area contributed by atoms with Crippen molar-refractivity contribution in [1.29, 1.82) is 0 Å². The summed E-state index contributed by atoms with van der Waals surface area (Å²) in [6, 6.07) is 13.5. The SMILES string of the molecule is CCCSC(Cn1ccnc1)(SCCC)c1ccc2cc(Br)ccc2c1. The third kappa shape index (κ3) is 4.68. The monoisotopic (exact) mass is 448 g/mol. The van der Waals surface area contributed by atoms with Crippen LogP contribution in [-0.4, -0.2) is 21.1 Å². The Balaban J connectivity index is 2.05. The molecule has 0 atom stereocenters. The Labute approximate surface area is 173 Å². The summed E-state index contributed by atoms with van der Waals surface area (Å²) in [5.41, 5.74) is 1.40. The molecule has 0 aliphatic rings. The smallest absolute Gasteiger partial charge is 0.104 e. The van der Waals surface area contributed by atoms with Gasteiger partial charge >= 0.3 is 0 Å². The molecule has 0 N–H and O–H groups in total. The van der Waals surface area contributed by atoms with Crippen molar-refractivity contribution in [3.8, 4) is 0 Å². The molecule has 0 saturated carbocycles. The number of aromatic nitrogens is 2. The number of rotatable bonds is 9. The lowest BCUT2D eigenvalue weighted by Crippen LogP contribution is -2.25. The molecule has 26 heavy (non-hydrogen) atoms. The van der Waals surface area contributed by atoms with E-state index in [9.17, 15) is 0 Å². The molecule has 5 heteroatoms. The Kier molecular flexibility index (Phi) is 7.12. The lowest BCUT2D eigenvalue weighted by atomic mass is 10.0. The highest BCUT2D eigenvalue weighted by atomic mass is 79.9. The predicted octanol–water partition coefficient (Wildman–Crippen LogP) is 6.94. The van der Waals surface area contributed by atoms with Gasteiger partial charge in [0.05, 0.1) is 12.9 Å². The van der Waals surface area contributed by atoms with E-state index in [0.29, 0.717) is 0 Å². The molecule has 0 saturated heterocycles. The number of benzene rings is 2. The van der Waals surface area contributed by atoms with Gasteiger partial charge in [0.2, 0.25) is 0 Å².